The summed E-state index contributed by atoms with van der Waals surface area (Å²) in [4.78, 5) is 14.8. The highest BCUT2D eigenvalue weighted by atomic mass is 16.6. The number of nitrogens with zero attached hydrogens (tertiary/aromatic N) is 1. The first-order valence-corrected chi connectivity index (χ1v) is 11.6. The van der Waals surface area contributed by atoms with E-state index in [1.54, 1.807) is 28.4 Å². The van der Waals surface area contributed by atoms with Gasteiger partial charge >= 0.3 is 5.97 Å². The minimum atomic E-state index is -0.492. The normalized spacial score (nSPS) is 15.9. The summed E-state index contributed by atoms with van der Waals surface area (Å²) in [7, 11) is 6.58. The molecule has 2 aromatic rings. The molecular formula is C27H37NO6. The predicted molar refractivity (Wildman–Crippen MR) is 131 cm³/mol. The molecule has 0 saturated carbocycles. The van der Waals surface area contributed by atoms with E-state index < -0.39 is 5.60 Å². The number of rotatable bonds is 9. The summed E-state index contributed by atoms with van der Waals surface area (Å²) < 4.78 is 27.6. The Bertz CT molecular complexity index is 997. The van der Waals surface area contributed by atoms with Crippen LogP contribution in [0.2, 0.25) is 0 Å². The molecule has 0 aliphatic carbocycles. The maximum atomic E-state index is 12.4. The number of carbonyl (C=O) groups excluding carboxylic acids is 1. The van der Waals surface area contributed by atoms with E-state index in [1.807, 2.05) is 32.9 Å². The number of benzene rings is 2. The van der Waals surface area contributed by atoms with Gasteiger partial charge in [-0.3, -0.25) is 9.69 Å². The van der Waals surface area contributed by atoms with Crippen LogP contribution in [0.5, 0.6) is 23.0 Å². The van der Waals surface area contributed by atoms with Gasteiger partial charge in [0.25, 0.3) is 0 Å². The van der Waals surface area contributed by atoms with Gasteiger partial charge in [0, 0.05) is 19.1 Å². The summed E-state index contributed by atoms with van der Waals surface area (Å²) in [5.41, 5.74) is 3.04. The summed E-state index contributed by atoms with van der Waals surface area (Å²) in [6.45, 7) is 7.12. The van der Waals surface area contributed by atoms with Gasteiger partial charge in [-0.2, -0.15) is 0 Å². The molecule has 0 bridgehead atoms. The predicted octanol–water partition coefficient (Wildman–Crippen LogP) is 4.59. The number of fused-ring (bicyclic) bond motifs is 1. The van der Waals surface area contributed by atoms with Crippen LogP contribution in [0.25, 0.3) is 0 Å². The van der Waals surface area contributed by atoms with E-state index in [1.165, 1.54) is 11.1 Å². The molecule has 0 spiro atoms. The third kappa shape index (κ3) is 6.14. The van der Waals surface area contributed by atoms with Crippen LogP contribution in [-0.4, -0.2) is 58.0 Å². The molecule has 0 fully saturated rings. The van der Waals surface area contributed by atoms with Crippen molar-refractivity contribution in [2.75, 3.05) is 41.5 Å². The standard InChI is InChI=1S/C27H37NO6/c1-27(2,3)34-26(29)11-13-28-12-10-19-16-24(32-6)25(33-7)17-20(19)21(28)14-18-8-9-22(30-4)23(15-18)31-5/h8-9,15-17,21H,10-14H2,1-7H3. The van der Waals surface area contributed by atoms with Crippen LogP contribution in [0.4, 0.5) is 0 Å². The molecule has 0 aromatic heterocycles. The second-order valence-corrected chi connectivity index (χ2v) is 9.44. The van der Waals surface area contributed by atoms with Crippen molar-refractivity contribution in [3.8, 4) is 23.0 Å². The molecule has 1 unspecified atom stereocenters. The first kappa shape index (κ1) is 25.7. The van der Waals surface area contributed by atoms with Gasteiger partial charge in [0.15, 0.2) is 23.0 Å². The monoisotopic (exact) mass is 471 g/mol. The zero-order chi connectivity index (χ0) is 24.9. The second kappa shape index (κ2) is 11.0. The Balaban J connectivity index is 1.93. The lowest BCUT2D eigenvalue weighted by atomic mass is 9.88. The number of hydrogen-bond acceptors (Lipinski definition) is 7. The molecule has 186 valence electrons. The Labute approximate surface area is 202 Å². The smallest absolute Gasteiger partial charge is 0.307 e. The van der Waals surface area contributed by atoms with Crippen molar-refractivity contribution in [3.05, 3.63) is 47.0 Å². The number of carbonyl (C=O) groups is 1. The molecule has 3 rings (SSSR count). The molecule has 1 atom stereocenters. The average molecular weight is 472 g/mol. The molecule has 0 N–H and O–H groups in total. The third-order valence-electron chi connectivity index (χ3n) is 6.01. The van der Waals surface area contributed by atoms with E-state index in [-0.39, 0.29) is 12.0 Å². The highest BCUT2D eigenvalue weighted by Gasteiger charge is 2.30. The maximum absolute atomic E-state index is 12.4. The molecule has 0 radical (unpaired) electrons. The average Bonchev–Trinajstić information content (AvgIpc) is 2.81. The van der Waals surface area contributed by atoms with Crippen LogP contribution in [0.3, 0.4) is 0 Å². The van der Waals surface area contributed by atoms with Gasteiger partial charge in [-0.05, 0) is 74.6 Å². The lowest BCUT2D eigenvalue weighted by Gasteiger charge is -2.38. The van der Waals surface area contributed by atoms with Crippen LogP contribution >= 0.6 is 0 Å². The summed E-state index contributed by atoms with van der Waals surface area (Å²) in [6.07, 6.45) is 1.95. The fraction of sp³-hybridized carbons (Fsp3) is 0.519. The Morgan fingerprint density at radius 2 is 1.53 bits per heavy atom. The van der Waals surface area contributed by atoms with Gasteiger partial charge in [0.1, 0.15) is 5.60 Å². The van der Waals surface area contributed by atoms with Gasteiger partial charge < -0.3 is 23.7 Å². The lowest BCUT2D eigenvalue weighted by Crippen LogP contribution is -2.38. The quantitative estimate of drug-likeness (QED) is 0.496. The van der Waals surface area contributed by atoms with Crippen molar-refractivity contribution in [3.63, 3.8) is 0 Å². The van der Waals surface area contributed by atoms with Crippen LogP contribution in [0, 0.1) is 0 Å². The fourth-order valence-corrected chi connectivity index (χ4v) is 4.45. The highest BCUT2D eigenvalue weighted by Crippen LogP contribution is 2.40. The molecule has 0 amide bonds. The van der Waals surface area contributed by atoms with Crippen LogP contribution in [-0.2, 0) is 22.4 Å². The molecule has 7 nitrogen and oxygen atoms in total. The summed E-state index contributed by atoms with van der Waals surface area (Å²) in [5.74, 6) is 2.64. The molecule has 7 heteroatoms. The van der Waals surface area contributed by atoms with E-state index in [2.05, 4.69) is 23.1 Å². The third-order valence-corrected chi connectivity index (χ3v) is 6.01. The molecule has 0 saturated heterocycles. The van der Waals surface area contributed by atoms with Crippen molar-refractivity contribution < 1.29 is 28.5 Å². The zero-order valence-electron chi connectivity index (χ0n) is 21.4. The van der Waals surface area contributed by atoms with Gasteiger partial charge in [-0.1, -0.05) is 6.07 Å². The fourth-order valence-electron chi connectivity index (χ4n) is 4.45. The van der Waals surface area contributed by atoms with Crippen molar-refractivity contribution >= 4 is 5.97 Å². The Kier molecular flexibility index (Phi) is 8.31. The number of hydrogen-bond donors (Lipinski definition) is 0. The van der Waals surface area contributed by atoms with Crippen LogP contribution in [0.15, 0.2) is 30.3 Å². The number of methoxy groups -OCH3 is 4. The van der Waals surface area contributed by atoms with Crippen LogP contribution in [0.1, 0.15) is 49.9 Å². The maximum Gasteiger partial charge on any atom is 0.307 e. The molecular weight excluding hydrogens is 434 g/mol. The van der Waals surface area contributed by atoms with Gasteiger partial charge in [-0.15, -0.1) is 0 Å². The summed E-state index contributed by atoms with van der Waals surface area (Å²) in [6, 6.07) is 10.2. The zero-order valence-corrected chi connectivity index (χ0v) is 21.4. The minimum absolute atomic E-state index is 0.0593. The van der Waals surface area contributed by atoms with Gasteiger partial charge in [-0.25, -0.2) is 0 Å². The number of ether oxygens (including phenoxy) is 5. The van der Waals surface area contributed by atoms with E-state index in [0.717, 1.165) is 30.7 Å². The van der Waals surface area contributed by atoms with Gasteiger partial charge in [0.2, 0.25) is 0 Å². The van der Waals surface area contributed by atoms with Crippen LogP contribution < -0.4 is 18.9 Å². The van der Waals surface area contributed by atoms with Crippen molar-refractivity contribution in [2.45, 2.75) is 51.7 Å². The molecule has 2 aromatic carbocycles. The van der Waals surface area contributed by atoms with Gasteiger partial charge in [0.05, 0.1) is 34.9 Å². The minimum Gasteiger partial charge on any atom is -0.493 e. The first-order chi connectivity index (χ1) is 16.2. The molecule has 1 aliphatic heterocycles. The Morgan fingerprint density at radius 3 is 2.15 bits per heavy atom. The largest absolute Gasteiger partial charge is 0.493 e. The summed E-state index contributed by atoms with van der Waals surface area (Å²) >= 11 is 0. The topological polar surface area (TPSA) is 66.5 Å². The van der Waals surface area contributed by atoms with Crippen molar-refractivity contribution in [1.29, 1.82) is 0 Å². The Hall–Kier alpha value is -2.93. The van der Waals surface area contributed by atoms with E-state index in [0.29, 0.717) is 30.2 Å². The SMILES string of the molecule is COc1ccc(CC2c3cc(OC)c(OC)cc3CCN2CCC(=O)OC(C)(C)C)cc1OC. The first-order valence-electron chi connectivity index (χ1n) is 11.6. The highest BCUT2D eigenvalue weighted by molar-refractivity contribution is 5.70. The molecule has 1 aliphatic rings. The lowest BCUT2D eigenvalue weighted by molar-refractivity contribution is -0.155. The van der Waals surface area contributed by atoms with E-state index in [4.69, 9.17) is 23.7 Å². The molecule has 34 heavy (non-hydrogen) atoms. The van der Waals surface area contributed by atoms with Crippen molar-refractivity contribution in [1.82, 2.24) is 4.90 Å². The second-order valence-electron chi connectivity index (χ2n) is 9.44. The molecule has 1 heterocycles. The van der Waals surface area contributed by atoms with E-state index >= 15 is 0 Å². The van der Waals surface area contributed by atoms with Crippen molar-refractivity contribution in [2.24, 2.45) is 0 Å². The summed E-state index contributed by atoms with van der Waals surface area (Å²) in [5, 5.41) is 0. The Morgan fingerprint density at radius 1 is 0.912 bits per heavy atom. The number of esters is 1. The van der Waals surface area contributed by atoms with E-state index in [9.17, 15) is 4.79 Å².